The Balaban J connectivity index is 1.90. The Morgan fingerprint density at radius 2 is 1.67 bits per heavy atom. The second-order valence-corrected chi connectivity index (χ2v) is 8.62. The molecule has 1 amide bonds. The highest BCUT2D eigenvalue weighted by Gasteiger charge is 2.25. The monoisotopic (exact) mass is 381 g/mol. The van der Waals surface area contributed by atoms with Gasteiger partial charge >= 0.3 is 0 Å². The number of anilines is 1. The number of hydrogen-bond acceptors (Lipinski definition) is 4. The van der Waals surface area contributed by atoms with Crippen LogP contribution in [0.1, 0.15) is 24.6 Å². The van der Waals surface area contributed by atoms with Crippen molar-refractivity contribution in [3.8, 4) is 0 Å². The summed E-state index contributed by atoms with van der Waals surface area (Å²) in [5.74, 6) is -0.122. The predicted molar refractivity (Wildman–Crippen MR) is 106 cm³/mol. The van der Waals surface area contributed by atoms with Crippen molar-refractivity contribution in [3.05, 3.63) is 59.8 Å². The lowest BCUT2D eigenvalue weighted by atomic mass is 10.2. The van der Waals surface area contributed by atoms with Crippen molar-refractivity contribution < 1.29 is 13.2 Å². The molecule has 0 N–H and O–H groups in total. The van der Waals surface area contributed by atoms with Gasteiger partial charge in [0, 0.05) is 16.8 Å². The van der Waals surface area contributed by atoms with Crippen LogP contribution in [-0.4, -0.2) is 24.0 Å². The van der Waals surface area contributed by atoms with E-state index in [-0.39, 0.29) is 17.2 Å². The van der Waals surface area contributed by atoms with Gasteiger partial charge in [-0.15, -0.1) is 0 Å². The van der Waals surface area contributed by atoms with Crippen LogP contribution in [0.25, 0.3) is 10.9 Å². The molecule has 0 saturated carbocycles. The molecule has 0 fully saturated rings. The van der Waals surface area contributed by atoms with Crippen LogP contribution < -0.4 is 5.01 Å². The van der Waals surface area contributed by atoms with Crippen LogP contribution in [0.3, 0.4) is 0 Å². The lowest BCUT2D eigenvalue weighted by Gasteiger charge is -2.14. The Labute approximate surface area is 157 Å². The van der Waals surface area contributed by atoms with Crippen molar-refractivity contribution >= 4 is 38.2 Å². The molecule has 27 heavy (non-hydrogen) atoms. The van der Waals surface area contributed by atoms with Crippen LogP contribution in [0.4, 0.5) is 5.69 Å². The van der Waals surface area contributed by atoms with Crippen molar-refractivity contribution in [3.63, 3.8) is 0 Å². The Hall–Kier alpha value is -2.93. The SMILES string of the molecule is CC1=NN(c2ccc3cc(C)n(S(=O)(=O)c4ccc(C)cc4)c3c2)C(=O)C1. The number of rotatable bonds is 3. The molecule has 3 aromatic rings. The number of amides is 1. The fourth-order valence-corrected chi connectivity index (χ4v) is 4.87. The smallest absolute Gasteiger partial charge is 0.268 e. The molecule has 0 unspecified atom stereocenters. The maximum absolute atomic E-state index is 13.2. The summed E-state index contributed by atoms with van der Waals surface area (Å²) < 4.78 is 27.8. The summed E-state index contributed by atoms with van der Waals surface area (Å²) in [6.07, 6.45) is 0.278. The number of aryl methyl sites for hydroxylation is 2. The number of carbonyl (C=O) groups excluding carboxylic acids is 1. The van der Waals surface area contributed by atoms with Gasteiger partial charge in [0.15, 0.2) is 0 Å². The summed E-state index contributed by atoms with van der Waals surface area (Å²) in [5, 5.41) is 6.38. The molecular weight excluding hydrogens is 362 g/mol. The van der Waals surface area contributed by atoms with Crippen molar-refractivity contribution in [1.29, 1.82) is 0 Å². The van der Waals surface area contributed by atoms with E-state index in [9.17, 15) is 13.2 Å². The zero-order valence-electron chi connectivity index (χ0n) is 15.3. The number of carbonyl (C=O) groups is 1. The quantitative estimate of drug-likeness (QED) is 0.696. The largest absolute Gasteiger partial charge is 0.272 e. The van der Waals surface area contributed by atoms with Crippen LogP contribution in [0.5, 0.6) is 0 Å². The van der Waals surface area contributed by atoms with Crippen LogP contribution in [-0.2, 0) is 14.8 Å². The molecule has 4 rings (SSSR count). The summed E-state index contributed by atoms with van der Waals surface area (Å²) in [5.41, 5.74) is 3.42. The zero-order chi connectivity index (χ0) is 19.3. The third-order valence-electron chi connectivity index (χ3n) is 4.64. The molecule has 7 heteroatoms. The van der Waals surface area contributed by atoms with Gasteiger partial charge in [0.1, 0.15) is 0 Å². The molecule has 6 nitrogen and oxygen atoms in total. The standard InChI is InChI=1S/C20H19N3O3S/c1-13-4-8-18(9-5-13)27(25,26)23-15(3)11-16-6-7-17(12-19(16)23)22-20(24)10-14(2)21-22/h4-9,11-12H,10H2,1-3H3. The van der Waals surface area contributed by atoms with Gasteiger partial charge in [-0.25, -0.2) is 17.4 Å². The zero-order valence-corrected chi connectivity index (χ0v) is 16.1. The third kappa shape index (κ3) is 2.84. The van der Waals surface area contributed by atoms with E-state index < -0.39 is 10.0 Å². The first kappa shape index (κ1) is 17.5. The summed E-state index contributed by atoms with van der Waals surface area (Å²) in [6, 6.07) is 13.9. The minimum Gasteiger partial charge on any atom is -0.272 e. The van der Waals surface area contributed by atoms with Crippen LogP contribution in [0, 0.1) is 13.8 Å². The second kappa shape index (κ2) is 6.06. The van der Waals surface area contributed by atoms with Gasteiger partial charge in [-0.05, 0) is 51.1 Å². The van der Waals surface area contributed by atoms with Crippen molar-refractivity contribution in [2.24, 2.45) is 5.10 Å². The number of benzene rings is 2. The highest BCUT2D eigenvalue weighted by Crippen LogP contribution is 2.30. The molecule has 0 atom stereocenters. The van der Waals surface area contributed by atoms with Crippen molar-refractivity contribution in [2.75, 3.05) is 5.01 Å². The van der Waals surface area contributed by atoms with Crippen LogP contribution >= 0.6 is 0 Å². The maximum Gasteiger partial charge on any atom is 0.268 e. The number of hydrogen-bond donors (Lipinski definition) is 0. The Kier molecular flexibility index (Phi) is 3.92. The maximum atomic E-state index is 13.2. The fourth-order valence-electron chi connectivity index (χ4n) is 3.33. The molecule has 1 aromatic heterocycles. The molecule has 2 heterocycles. The summed E-state index contributed by atoms with van der Waals surface area (Å²) in [4.78, 5) is 12.4. The van der Waals surface area contributed by atoms with E-state index in [1.807, 2.05) is 19.1 Å². The molecular formula is C20H19N3O3S. The third-order valence-corrected chi connectivity index (χ3v) is 6.47. The first-order chi connectivity index (χ1) is 12.8. The fraction of sp³-hybridized carbons (Fsp3) is 0.200. The summed E-state index contributed by atoms with van der Waals surface area (Å²) >= 11 is 0. The molecule has 0 saturated heterocycles. The van der Waals surface area contributed by atoms with Gasteiger partial charge in [0.25, 0.3) is 15.9 Å². The average molecular weight is 381 g/mol. The molecule has 0 radical (unpaired) electrons. The van der Waals surface area contributed by atoms with Crippen LogP contribution in [0.15, 0.2) is 58.5 Å². The second-order valence-electron chi connectivity index (χ2n) is 6.83. The van der Waals surface area contributed by atoms with E-state index in [1.165, 1.54) is 8.98 Å². The Morgan fingerprint density at radius 1 is 0.963 bits per heavy atom. The predicted octanol–water partition coefficient (Wildman–Crippen LogP) is 3.61. The van der Waals surface area contributed by atoms with E-state index in [1.54, 1.807) is 50.2 Å². The molecule has 138 valence electrons. The Bertz CT molecular complexity index is 1210. The summed E-state index contributed by atoms with van der Waals surface area (Å²) in [6.45, 7) is 5.47. The highest BCUT2D eigenvalue weighted by atomic mass is 32.2. The Morgan fingerprint density at radius 3 is 2.30 bits per heavy atom. The van der Waals surface area contributed by atoms with Crippen molar-refractivity contribution in [1.82, 2.24) is 3.97 Å². The topological polar surface area (TPSA) is 71.7 Å². The van der Waals surface area contributed by atoms with E-state index in [0.717, 1.165) is 16.7 Å². The van der Waals surface area contributed by atoms with E-state index >= 15 is 0 Å². The first-order valence-corrected chi connectivity index (χ1v) is 10.0. The van der Waals surface area contributed by atoms with Gasteiger partial charge in [0.05, 0.1) is 22.5 Å². The minimum absolute atomic E-state index is 0.122. The van der Waals surface area contributed by atoms with E-state index in [2.05, 4.69) is 5.10 Å². The van der Waals surface area contributed by atoms with Gasteiger partial charge < -0.3 is 0 Å². The molecule has 1 aliphatic heterocycles. The van der Waals surface area contributed by atoms with Gasteiger partial charge in [-0.1, -0.05) is 23.8 Å². The van der Waals surface area contributed by atoms with Gasteiger partial charge in [0.2, 0.25) is 0 Å². The normalized spacial score (nSPS) is 14.9. The lowest BCUT2D eigenvalue weighted by molar-refractivity contribution is -0.116. The van der Waals surface area contributed by atoms with E-state index in [4.69, 9.17) is 0 Å². The van der Waals surface area contributed by atoms with E-state index in [0.29, 0.717) is 16.9 Å². The summed E-state index contributed by atoms with van der Waals surface area (Å²) in [7, 11) is -3.76. The van der Waals surface area contributed by atoms with Crippen molar-refractivity contribution in [2.45, 2.75) is 32.1 Å². The lowest BCUT2D eigenvalue weighted by Crippen LogP contribution is -2.19. The van der Waals surface area contributed by atoms with Gasteiger partial charge in [-0.2, -0.15) is 5.10 Å². The molecule has 0 bridgehead atoms. The molecule has 2 aromatic carbocycles. The first-order valence-electron chi connectivity index (χ1n) is 8.59. The number of hydrazone groups is 1. The van der Waals surface area contributed by atoms with Gasteiger partial charge in [-0.3, -0.25) is 4.79 Å². The molecule has 0 spiro atoms. The average Bonchev–Trinajstić information content (AvgIpc) is 3.12. The number of nitrogens with zero attached hydrogens (tertiary/aromatic N) is 3. The van der Waals surface area contributed by atoms with Crippen LogP contribution in [0.2, 0.25) is 0 Å². The number of aromatic nitrogens is 1. The number of fused-ring (bicyclic) bond motifs is 1. The molecule has 0 aliphatic carbocycles. The highest BCUT2D eigenvalue weighted by molar-refractivity contribution is 7.90. The molecule has 1 aliphatic rings. The minimum atomic E-state index is -3.76.